The third kappa shape index (κ3) is 2.80. The van der Waals surface area contributed by atoms with Crippen LogP contribution in [0, 0.1) is 5.41 Å². The lowest BCUT2D eigenvalue weighted by Gasteiger charge is -2.12. The van der Waals surface area contributed by atoms with Crippen LogP contribution in [0.4, 0.5) is 10.9 Å². The quantitative estimate of drug-likeness (QED) is 0.643. The number of hydrogen-bond donors (Lipinski definition) is 3. The van der Waals surface area contributed by atoms with E-state index in [0.29, 0.717) is 21.5 Å². The van der Waals surface area contributed by atoms with E-state index in [4.69, 9.17) is 26.4 Å². The van der Waals surface area contributed by atoms with Gasteiger partial charge in [-0.3, -0.25) is 5.41 Å². The first-order chi connectivity index (χ1) is 13.0. The number of nitrogens with two attached hydrogens (primary N) is 2. The number of nitrogens with zero attached hydrogens (tertiary/aromatic N) is 2. The molecule has 136 valence electrons. The van der Waals surface area contributed by atoms with Crippen LogP contribution in [0.15, 0.2) is 41.4 Å². The van der Waals surface area contributed by atoms with Gasteiger partial charge < -0.3 is 20.9 Å². The molecule has 7 nitrogen and oxygen atoms in total. The van der Waals surface area contributed by atoms with Crippen molar-refractivity contribution in [3.63, 3.8) is 0 Å². The summed E-state index contributed by atoms with van der Waals surface area (Å²) in [6.45, 7) is 0. The number of benzene rings is 2. The van der Waals surface area contributed by atoms with Crippen molar-refractivity contribution in [2.24, 2.45) is 4.99 Å². The highest BCUT2D eigenvalue weighted by Gasteiger charge is 2.26. The number of hydrogen-bond acceptors (Lipinski definition) is 7. The van der Waals surface area contributed by atoms with E-state index in [-0.39, 0.29) is 5.84 Å². The molecule has 1 aromatic heterocycles. The standard InChI is InChI=1S/C19H17N5O2S/c1-25-10-4-6-14(26-2)12(8-10)9-3-5-11-13(7-9)15(23-17(11)20)16-18(21)24-19(22)27-16/h3-8,20H,21H2,1-2H3,(H2,22,24). The van der Waals surface area contributed by atoms with Crippen molar-refractivity contribution in [1.29, 1.82) is 5.41 Å². The fraction of sp³-hybridized carbons (Fsp3) is 0.105. The molecule has 2 aromatic carbocycles. The zero-order chi connectivity index (χ0) is 19.1. The van der Waals surface area contributed by atoms with Crippen molar-refractivity contribution in [3.05, 3.63) is 52.4 Å². The lowest BCUT2D eigenvalue weighted by molar-refractivity contribution is 0.404. The maximum absolute atomic E-state index is 8.18. The van der Waals surface area contributed by atoms with E-state index in [2.05, 4.69) is 9.98 Å². The molecule has 1 aliphatic rings. The maximum atomic E-state index is 8.18. The molecule has 27 heavy (non-hydrogen) atoms. The number of ether oxygens (including phenoxy) is 2. The predicted octanol–water partition coefficient (Wildman–Crippen LogP) is 3.17. The Morgan fingerprint density at radius 2 is 1.78 bits per heavy atom. The van der Waals surface area contributed by atoms with Crippen molar-refractivity contribution >= 4 is 33.8 Å². The van der Waals surface area contributed by atoms with Crippen LogP contribution in [0.5, 0.6) is 11.5 Å². The minimum Gasteiger partial charge on any atom is -0.497 e. The van der Waals surface area contributed by atoms with Crippen LogP contribution >= 0.6 is 11.3 Å². The molecule has 8 heteroatoms. The molecule has 0 bridgehead atoms. The Morgan fingerprint density at radius 1 is 0.963 bits per heavy atom. The molecule has 0 saturated carbocycles. The number of thiazole rings is 1. The minimum atomic E-state index is 0.190. The molecule has 2 heterocycles. The van der Waals surface area contributed by atoms with Crippen molar-refractivity contribution < 1.29 is 9.47 Å². The molecule has 1 aliphatic heterocycles. The van der Waals surface area contributed by atoms with E-state index >= 15 is 0 Å². The van der Waals surface area contributed by atoms with Crippen LogP contribution in [-0.2, 0) is 0 Å². The Balaban J connectivity index is 1.88. The highest BCUT2D eigenvalue weighted by Crippen LogP contribution is 2.37. The smallest absolute Gasteiger partial charge is 0.182 e. The molecule has 4 rings (SSSR count). The SMILES string of the molecule is COc1ccc(OC)c(-c2ccc3c(c2)C(c2sc(N)nc2N)=NC3=N)c1. The molecule has 0 saturated heterocycles. The number of fused-ring (bicyclic) bond motifs is 1. The average molecular weight is 379 g/mol. The van der Waals surface area contributed by atoms with Crippen molar-refractivity contribution in [2.75, 3.05) is 25.7 Å². The number of nitrogens with one attached hydrogen (secondary N) is 1. The van der Waals surface area contributed by atoms with Crippen LogP contribution in [0.2, 0.25) is 0 Å². The zero-order valence-corrected chi connectivity index (χ0v) is 15.6. The molecule has 0 spiro atoms. The summed E-state index contributed by atoms with van der Waals surface area (Å²) in [7, 11) is 3.25. The lowest BCUT2D eigenvalue weighted by atomic mass is 9.96. The molecule has 0 amide bonds. The second-order valence-corrected chi connectivity index (χ2v) is 6.93. The third-order valence-corrected chi connectivity index (χ3v) is 5.26. The van der Waals surface area contributed by atoms with Crippen molar-refractivity contribution in [1.82, 2.24) is 4.98 Å². The first-order valence-electron chi connectivity index (χ1n) is 8.08. The molecule has 0 atom stereocenters. The summed E-state index contributed by atoms with van der Waals surface area (Å²) in [5.41, 5.74) is 15.7. The van der Waals surface area contributed by atoms with Gasteiger partial charge in [0.25, 0.3) is 0 Å². The summed E-state index contributed by atoms with van der Waals surface area (Å²) >= 11 is 1.26. The summed E-state index contributed by atoms with van der Waals surface area (Å²) in [5, 5.41) is 8.56. The predicted molar refractivity (Wildman–Crippen MR) is 108 cm³/mol. The highest BCUT2D eigenvalue weighted by molar-refractivity contribution is 7.18. The number of nitrogen functional groups attached to an aromatic ring is 2. The fourth-order valence-electron chi connectivity index (χ4n) is 3.08. The molecule has 3 aromatic rings. The topological polar surface area (TPSA) is 120 Å². The Kier molecular flexibility index (Phi) is 4.04. The Morgan fingerprint density at radius 3 is 2.44 bits per heavy atom. The van der Waals surface area contributed by atoms with Gasteiger partial charge in [-0.15, -0.1) is 0 Å². The van der Waals surface area contributed by atoms with Gasteiger partial charge in [-0.25, -0.2) is 9.98 Å². The number of aliphatic imine (C=N–C) groups is 1. The average Bonchev–Trinajstić information content (AvgIpc) is 3.19. The molecule has 0 unspecified atom stereocenters. The zero-order valence-electron chi connectivity index (χ0n) is 14.7. The Labute approximate surface area is 159 Å². The van der Waals surface area contributed by atoms with Crippen LogP contribution < -0.4 is 20.9 Å². The first kappa shape index (κ1) is 17.0. The molecular weight excluding hydrogens is 362 g/mol. The van der Waals surface area contributed by atoms with Gasteiger partial charge in [0.05, 0.1) is 24.8 Å². The van der Waals surface area contributed by atoms with Gasteiger partial charge in [0.1, 0.15) is 17.3 Å². The summed E-state index contributed by atoms with van der Waals surface area (Å²) in [4.78, 5) is 9.13. The van der Waals surface area contributed by atoms with Crippen LogP contribution in [0.1, 0.15) is 16.0 Å². The molecular formula is C19H17N5O2S. The normalized spacial score (nSPS) is 12.7. The molecule has 0 fully saturated rings. The van der Waals surface area contributed by atoms with E-state index in [1.54, 1.807) is 14.2 Å². The number of amidine groups is 1. The molecule has 0 radical (unpaired) electrons. The number of rotatable bonds is 4. The van der Waals surface area contributed by atoms with E-state index in [1.807, 2.05) is 36.4 Å². The Hall–Kier alpha value is -3.39. The highest BCUT2D eigenvalue weighted by atomic mass is 32.1. The number of aromatic nitrogens is 1. The second-order valence-electron chi connectivity index (χ2n) is 5.90. The van der Waals surface area contributed by atoms with Gasteiger partial charge in [-0.1, -0.05) is 17.4 Å². The first-order valence-corrected chi connectivity index (χ1v) is 8.90. The van der Waals surface area contributed by atoms with Gasteiger partial charge in [0, 0.05) is 16.7 Å². The van der Waals surface area contributed by atoms with E-state index in [0.717, 1.165) is 33.8 Å². The Bertz CT molecular complexity index is 1100. The largest absolute Gasteiger partial charge is 0.497 e. The molecule has 5 N–H and O–H groups in total. The van der Waals surface area contributed by atoms with Crippen LogP contribution in [-0.4, -0.2) is 30.8 Å². The van der Waals surface area contributed by atoms with Gasteiger partial charge >= 0.3 is 0 Å². The van der Waals surface area contributed by atoms with Crippen LogP contribution in [0.25, 0.3) is 11.1 Å². The van der Waals surface area contributed by atoms with Gasteiger partial charge in [-0.2, -0.15) is 0 Å². The summed E-state index contributed by atoms with van der Waals surface area (Å²) < 4.78 is 10.8. The van der Waals surface area contributed by atoms with Gasteiger partial charge in [0.15, 0.2) is 11.0 Å². The van der Waals surface area contributed by atoms with Crippen LogP contribution in [0.3, 0.4) is 0 Å². The monoisotopic (exact) mass is 379 g/mol. The number of methoxy groups -OCH3 is 2. The molecule has 0 aliphatic carbocycles. The summed E-state index contributed by atoms with van der Waals surface area (Å²) in [6.07, 6.45) is 0. The summed E-state index contributed by atoms with van der Waals surface area (Å²) in [5.74, 6) is 1.97. The lowest BCUT2D eigenvalue weighted by Crippen LogP contribution is -2.03. The third-order valence-electron chi connectivity index (χ3n) is 4.36. The fourth-order valence-corrected chi connectivity index (χ4v) is 3.83. The van der Waals surface area contributed by atoms with E-state index in [1.165, 1.54) is 11.3 Å². The second kappa shape index (κ2) is 6.40. The maximum Gasteiger partial charge on any atom is 0.182 e. The van der Waals surface area contributed by atoms with Crippen molar-refractivity contribution in [3.8, 4) is 22.6 Å². The number of anilines is 2. The van der Waals surface area contributed by atoms with E-state index in [9.17, 15) is 0 Å². The summed E-state index contributed by atoms with van der Waals surface area (Å²) in [6, 6.07) is 11.4. The van der Waals surface area contributed by atoms with Gasteiger partial charge in [0.2, 0.25) is 0 Å². The van der Waals surface area contributed by atoms with Gasteiger partial charge in [-0.05, 0) is 35.9 Å². The van der Waals surface area contributed by atoms with Crippen molar-refractivity contribution in [2.45, 2.75) is 0 Å². The van der Waals surface area contributed by atoms with E-state index < -0.39 is 0 Å². The minimum absolute atomic E-state index is 0.190.